The van der Waals surface area contributed by atoms with Gasteiger partial charge in [-0.25, -0.2) is 4.68 Å². The van der Waals surface area contributed by atoms with Crippen LogP contribution in [0.25, 0.3) is 5.69 Å². The van der Waals surface area contributed by atoms with Gasteiger partial charge in [0.2, 0.25) is 0 Å². The van der Waals surface area contributed by atoms with Gasteiger partial charge in [0, 0.05) is 29.8 Å². The van der Waals surface area contributed by atoms with Gasteiger partial charge in [0.1, 0.15) is 5.82 Å². The molecule has 2 heterocycles. The summed E-state index contributed by atoms with van der Waals surface area (Å²) in [6.45, 7) is 8.03. The molecule has 0 saturated heterocycles. The van der Waals surface area contributed by atoms with Crippen LogP contribution < -0.4 is 5.32 Å². The number of nitro benzene ring substituents is 1. The van der Waals surface area contributed by atoms with Gasteiger partial charge in [0.05, 0.1) is 21.8 Å². The van der Waals surface area contributed by atoms with E-state index < -0.39 is 4.92 Å². The second-order valence-electron chi connectivity index (χ2n) is 8.62. The number of carbonyl (C=O) groups excluding carboxylic acids is 1. The summed E-state index contributed by atoms with van der Waals surface area (Å²) in [5.74, 6) is 0.624. The molecule has 4 rings (SSSR count). The Morgan fingerprint density at radius 2 is 1.83 bits per heavy atom. The summed E-state index contributed by atoms with van der Waals surface area (Å²) in [5.41, 5.74) is 2.56. The predicted octanol–water partition coefficient (Wildman–Crippen LogP) is 4.17. The lowest BCUT2D eigenvalue weighted by Gasteiger charge is -2.22. The monoisotopic (exact) mass is 408 g/mol. The molecule has 0 spiro atoms. The Bertz CT molecular complexity index is 1120. The van der Waals surface area contributed by atoms with Gasteiger partial charge in [-0.3, -0.25) is 19.6 Å². The Morgan fingerprint density at radius 1 is 1.17 bits per heavy atom. The molecule has 3 aromatic rings. The highest BCUT2D eigenvalue weighted by Gasteiger charge is 2.32. The van der Waals surface area contributed by atoms with Crippen LogP contribution in [0.4, 0.5) is 11.5 Å². The third kappa shape index (κ3) is 3.83. The van der Waals surface area contributed by atoms with E-state index in [1.807, 2.05) is 17.7 Å². The fourth-order valence-electron chi connectivity index (χ4n) is 3.39. The fourth-order valence-corrected chi connectivity index (χ4v) is 3.39. The van der Waals surface area contributed by atoms with Gasteiger partial charge in [0.25, 0.3) is 11.6 Å². The average Bonchev–Trinajstić information content (AvgIpc) is 3.30. The fraction of sp³-hybridized carbons (Fsp3) is 0.381. The summed E-state index contributed by atoms with van der Waals surface area (Å²) >= 11 is 0. The van der Waals surface area contributed by atoms with Crippen molar-refractivity contribution in [1.29, 1.82) is 0 Å². The third-order valence-electron chi connectivity index (χ3n) is 4.98. The van der Waals surface area contributed by atoms with Crippen molar-refractivity contribution in [2.45, 2.75) is 52.0 Å². The van der Waals surface area contributed by atoms with Crippen LogP contribution in [-0.4, -0.2) is 30.4 Å². The lowest BCUT2D eigenvalue weighted by Crippen LogP contribution is -2.26. The number of benzene rings is 1. The molecule has 1 aliphatic rings. The third-order valence-corrected chi connectivity index (χ3v) is 4.98. The van der Waals surface area contributed by atoms with E-state index in [1.54, 1.807) is 22.9 Å². The first kappa shape index (κ1) is 19.8. The summed E-state index contributed by atoms with van der Waals surface area (Å²) in [6.07, 6.45) is 2.24. The van der Waals surface area contributed by atoms with Crippen LogP contribution in [0.2, 0.25) is 0 Å². The summed E-state index contributed by atoms with van der Waals surface area (Å²) in [7, 11) is 0. The molecule has 9 heteroatoms. The number of non-ortho nitro benzene ring substituents is 1. The maximum absolute atomic E-state index is 13.0. The van der Waals surface area contributed by atoms with E-state index >= 15 is 0 Å². The van der Waals surface area contributed by atoms with Crippen LogP contribution in [-0.2, 0) is 5.54 Å². The zero-order valence-corrected chi connectivity index (χ0v) is 17.4. The van der Waals surface area contributed by atoms with Gasteiger partial charge >= 0.3 is 0 Å². The summed E-state index contributed by atoms with van der Waals surface area (Å²) in [6, 6.07) is 9.63. The minimum Gasteiger partial charge on any atom is -0.305 e. The minimum atomic E-state index is -0.455. The molecule has 9 nitrogen and oxygen atoms in total. The first-order valence-corrected chi connectivity index (χ1v) is 9.87. The molecular weight excluding hydrogens is 384 g/mol. The Balaban J connectivity index is 1.62. The van der Waals surface area contributed by atoms with Crippen molar-refractivity contribution in [3.63, 3.8) is 0 Å². The highest BCUT2D eigenvalue weighted by molar-refractivity contribution is 6.02. The van der Waals surface area contributed by atoms with E-state index in [1.165, 1.54) is 12.1 Å². The number of rotatable bonds is 5. The zero-order chi connectivity index (χ0) is 21.6. The van der Waals surface area contributed by atoms with Crippen molar-refractivity contribution in [2.24, 2.45) is 0 Å². The zero-order valence-electron chi connectivity index (χ0n) is 17.4. The first-order chi connectivity index (χ1) is 14.1. The molecule has 1 saturated carbocycles. The van der Waals surface area contributed by atoms with E-state index in [9.17, 15) is 14.9 Å². The van der Waals surface area contributed by atoms with E-state index in [0.717, 1.165) is 18.5 Å². The molecule has 1 aromatic carbocycles. The number of nitrogens with zero attached hydrogens (tertiary/aromatic N) is 5. The molecule has 2 aromatic heterocycles. The molecule has 0 unspecified atom stereocenters. The quantitative estimate of drug-likeness (QED) is 0.503. The van der Waals surface area contributed by atoms with Crippen LogP contribution in [0.1, 0.15) is 61.4 Å². The van der Waals surface area contributed by atoms with Crippen LogP contribution in [0.5, 0.6) is 0 Å². The lowest BCUT2D eigenvalue weighted by molar-refractivity contribution is -0.384. The molecule has 0 bridgehead atoms. The number of hydrogen-bond acceptors (Lipinski definition) is 5. The summed E-state index contributed by atoms with van der Waals surface area (Å²) in [5, 5.41) is 22.8. The Hall–Kier alpha value is -3.49. The smallest absolute Gasteiger partial charge is 0.277 e. The summed E-state index contributed by atoms with van der Waals surface area (Å²) in [4.78, 5) is 23.4. The Kier molecular flexibility index (Phi) is 4.68. The number of aryl methyl sites for hydroxylation is 1. The maximum atomic E-state index is 13.0. The molecule has 1 amide bonds. The first-order valence-electron chi connectivity index (χ1n) is 9.87. The number of aromatic nitrogens is 4. The van der Waals surface area contributed by atoms with Crippen molar-refractivity contribution in [3.05, 3.63) is 63.6 Å². The largest absolute Gasteiger partial charge is 0.305 e. The molecular formula is C21H24N6O3. The van der Waals surface area contributed by atoms with Crippen LogP contribution in [0, 0.1) is 17.0 Å². The van der Waals surface area contributed by atoms with Crippen LogP contribution in [0.3, 0.4) is 0 Å². The highest BCUT2D eigenvalue weighted by Crippen LogP contribution is 2.41. The van der Waals surface area contributed by atoms with Crippen molar-refractivity contribution in [1.82, 2.24) is 19.6 Å². The SMILES string of the molecule is Cc1cc(NC(=O)c2cc(C3CC3)n(C(C)(C)C)n2)n(-c2ccc([N+](=O)[O-])cc2)n1. The normalized spacial score (nSPS) is 14.0. The van der Waals surface area contributed by atoms with Crippen molar-refractivity contribution >= 4 is 17.4 Å². The standard InChI is InChI=1S/C21H24N6O3/c1-13-11-19(25(23-13)15-7-9-16(10-8-15)27(29)30)22-20(28)17-12-18(14-5-6-14)26(24-17)21(2,3)4/h7-12,14H,5-6H2,1-4H3,(H,22,28). The minimum absolute atomic E-state index is 0.00598. The number of anilines is 1. The molecule has 1 fully saturated rings. The maximum Gasteiger partial charge on any atom is 0.277 e. The number of carbonyl (C=O) groups is 1. The van der Waals surface area contributed by atoms with Crippen molar-refractivity contribution < 1.29 is 9.72 Å². The van der Waals surface area contributed by atoms with Crippen LogP contribution in [0.15, 0.2) is 36.4 Å². The number of nitrogens with one attached hydrogen (secondary N) is 1. The molecule has 0 radical (unpaired) electrons. The molecule has 1 aliphatic carbocycles. The molecule has 30 heavy (non-hydrogen) atoms. The van der Waals surface area contributed by atoms with Gasteiger partial charge < -0.3 is 5.32 Å². The van der Waals surface area contributed by atoms with E-state index in [0.29, 0.717) is 28.8 Å². The van der Waals surface area contributed by atoms with E-state index in [2.05, 4.69) is 36.3 Å². The molecule has 156 valence electrons. The van der Waals surface area contributed by atoms with Gasteiger partial charge in [-0.05, 0) is 58.7 Å². The number of amides is 1. The molecule has 1 N–H and O–H groups in total. The second kappa shape index (κ2) is 7.08. The topological polar surface area (TPSA) is 108 Å². The van der Waals surface area contributed by atoms with E-state index in [4.69, 9.17) is 0 Å². The van der Waals surface area contributed by atoms with Crippen molar-refractivity contribution in [2.75, 3.05) is 5.32 Å². The van der Waals surface area contributed by atoms with Gasteiger partial charge in [-0.1, -0.05) is 0 Å². The Labute approximate surface area is 173 Å². The second-order valence-corrected chi connectivity index (χ2v) is 8.62. The highest BCUT2D eigenvalue weighted by atomic mass is 16.6. The lowest BCUT2D eigenvalue weighted by atomic mass is 10.1. The van der Waals surface area contributed by atoms with E-state index in [-0.39, 0.29) is 17.1 Å². The number of nitro groups is 1. The van der Waals surface area contributed by atoms with Gasteiger partial charge in [0.15, 0.2) is 5.69 Å². The van der Waals surface area contributed by atoms with Crippen LogP contribution >= 0.6 is 0 Å². The number of hydrogen-bond donors (Lipinski definition) is 1. The summed E-state index contributed by atoms with van der Waals surface area (Å²) < 4.78 is 3.50. The Morgan fingerprint density at radius 3 is 2.40 bits per heavy atom. The molecule has 0 atom stereocenters. The van der Waals surface area contributed by atoms with Gasteiger partial charge in [-0.2, -0.15) is 10.2 Å². The van der Waals surface area contributed by atoms with Crippen molar-refractivity contribution in [3.8, 4) is 5.69 Å². The molecule has 0 aliphatic heterocycles. The predicted molar refractivity (Wildman–Crippen MR) is 112 cm³/mol. The average molecular weight is 408 g/mol. The van der Waals surface area contributed by atoms with Gasteiger partial charge in [-0.15, -0.1) is 0 Å².